The number of carbonyl (C=O) groups excluding carboxylic acids is 1. The molecule has 0 bridgehead atoms. The SMILES string of the molecule is CN(Cc1cc(C(C)(C)C)n[nH]1)C(=O)NCc1ccccc1-n1ccnc1. The summed E-state index contributed by atoms with van der Waals surface area (Å²) in [6.45, 7) is 7.25. The summed E-state index contributed by atoms with van der Waals surface area (Å²) in [6.07, 6.45) is 5.37. The summed E-state index contributed by atoms with van der Waals surface area (Å²) in [6, 6.07) is 9.81. The van der Waals surface area contributed by atoms with Crippen molar-refractivity contribution in [2.45, 2.75) is 39.3 Å². The third-order valence-electron chi connectivity index (χ3n) is 4.36. The lowest BCUT2D eigenvalue weighted by Crippen LogP contribution is -2.36. The lowest BCUT2D eigenvalue weighted by molar-refractivity contribution is 0.206. The quantitative estimate of drug-likeness (QED) is 0.728. The number of nitrogens with one attached hydrogen (secondary N) is 2. The number of para-hydroxylation sites is 1. The van der Waals surface area contributed by atoms with Gasteiger partial charge in [-0.2, -0.15) is 5.10 Å². The summed E-state index contributed by atoms with van der Waals surface area (Å²) in [5.41, 5.74) is 3.90. The van der Waals surface area contributed by atoms with Crippen LogP contribution in [0.15, 0.2) is 49.1 Å². The Morgan fingerprint density at radius 3 is 2.74 bits per heavy atom. The second-order valence-corrected chi connectivity index (χ2v) is 7.64. The Kier molecular flexibility index (Phi) is 5.30. The van der Waals surface area contributed by atoms with Gasteiger partial charge in [-0.3, -0.25) is 5.10 Å². The Balaban J connectivity index is 1.61. The summed E-state index contributed by atoms with van der Waals surface area (Å²) >= 11 is 0. The largest absolute Gasteiger partial charge is 0.334 e. The monoisotopic (exact) mass is 366 g/mol. The zero-order valence-corrected chi connectivity index (χ0v) is 16.2. The number of aromatic nitrogens is 4. The Bertz CT molecular complexity index is 891. The highest BCUT2D eigenvalue weighted by atomic mass is 16.2. The smallest absolute Gasteiger partial charge is 0.317 e. The van der Waals surface area contributed by atoms with Gasteiger partial charge in [0.2, 0.25) is 0 Å². The molecule has 0 aliphatic heterocycles. The number of amides is 2. The van der Waals surface area contributed by atoms with Crippen molar-refractivity contribution < 1.29 is 4.79 Å². The van der Waals surface area contributed by atoms with E-state index in [2.05, 4.69) is 41.3 Å². The van der Waals surface area contributed by atoms with E-state index in [4.69, 9.17) is 0 Å². The minimum absolute atomic E-state index is 0.0212. The van der Waals surface area contributed by atoms with Crippen molar-refractivity contribution in [2.24, 2.45) is 0 Å². The molecule has 0 saturated heterocycles. The second-order valence-electron chi connectivity index (χ2n) is 7.64. The van der Waals surface area contributed by atoms with Crippen LogP contribution in [0.25, 0.3) is 5.69 Å². The topological polar surface area (TPSA) is 78.8 Å². The maximum atomic E-state index is 12.5. The van der Waals surface area contributed by atoms with Crippen LogP contribution in [0.3, 0.4) is 0 Å². The van der Waals surface area contributed by atoms with Crippen LogP contribution in [0.2, 0.25) is 0 Å². The van der Waals surface area contributed by atoms with E-state index in [9.17, 15) is 4.79 Å². The van der Waals surface area contributed by atoms with Crippen LogP contribution < -0.4 is 5.32 Å². The first-order valence-corrected chi connectivity index (χ1v) is 8.94. The zero-order chi connectivity index (χ0) is 19.4. The first-order valence-electron chi connectivity index (χ1n) is 8.94. The van der Waals surface area contributed by atoms with Crippen molar-refractivity contribution in [2.75, 3.05) is 7.05 Å². The number of aromatic amines is 1. The van der Waals surface area contributed by atoms with E-state index >= 15 is 0 Å². The van der Waals surface area contributed by atoms with Crippen molar-refractivity contribution in [1.29, 1.82) is 0 Å². The molecule has 0 atom stereocenters. The van der Waals surface area contributed by atoms with Crippen LogP contribution in [-0.4, -0.2) is 37.7 Å². The number of benzene rings is 1. The van der Waals surface area contributed by atoms with Crippen LogP contribution in [0, 0.1) is 0 Å². The van der Waals surface area contributed by atoms with E-state index in [1.165, 1.54) is 0 Å². The number of hydrogen-bond donors (Lipinski definition) is 2. The number of imidazole rings is 1. The molecule has 0 unspecified atom stereocenters. The summed E-state index contributed by atoms with van der Waals surface area (Å²) in [5.74, 6) is 0. The summed E-state index contributed by atoms with van der Waals surface area (Å²) < 4.78 is 1.93. The minimum Gasteiger partial charge on any atom is -0.334 e. The van der Waals surface area contributed by atoms with Crippen LogP contribution in [0.4, 0.5) is 4.79 Å². The fourth-order valence-corrected chi connectivity index (χ4v) is 2.77. The normalized spacial score (nSPS) is 11.4. The molecule has 3 aromatic rings. The molecule has 27 heavy (non-hydrogen) atoms. The summed E-state index contributed by atoms with van der Waals surface area (Å²) in [7, 11) is 1.77. The molecule has 2 aromatic heterocycles. The fourth-order valence-electron chi connectivity index (χ4n) is 2.77. The Morgan fingerprint density at radius 1 is 1.30 bits per heavy atom. The molecule has 3 rings (SSSR count). The Labute approximate surface area is 159 Å². The fraction of sp³-hybridized carbons (Fsp3) is 0.350. The van der Waals surface area contributed by atoms with E-state index < -0.39 is 0 Å². The van der Waals surface area contributed by atoms with Crippen LogP contribution in [-0.2, 0) is 18.5 Å². The third kappa shape index (κ3) is 4.55. The average Bonchev–Trinajstić information content (AvgIpc) is 3.31. The average molecular weight is 366 g/mol. The van der Waals surface area contributed by atoms with E-state index in [0.29, 0.717) is 13.1 Å². The van der Waals surface area contributed by atoms with Gasteiger partial charge in [0, 0.05) is 31.4 Å². The lowest BCUT2D eigenvalue weighted by atomic mass is 9.92. The van der Waals surface area contributed by atoms with E-state index in [1.54, 1.807) is 24.5 Å². The molecule has 0 radical (unpaired) electrons. The second kappa shape index (κ2) is 7.65. The predicted octanol–water partition coefficient (Wildman–Crippen LogP) is 3.23. The van der Waals surface area contributed by atoms with Gasteiger partial charge < -0.3 is 14.8 Å². The van der Waals surface area contributed by atoms with Gasteiger partial charge >= 0.3 is 6.03 Å². The minimum atomic E-state index is -0.137. The number of urea groups is 1. The van der Waals surface area contributed by atoms with Crippen molar-refractivity contribution in [3.63, 3.8) is 0 Å². The number of rotatable bonds is 5. The molecule has 2 heterocycles. The molecule has 2 amide bonds. The number of H-pyrrole nitrogens is 1. The van der Waals surface area contributed by atoms with E-state index in [1.807, 2.05) is 41.1 Å². The van der Waals surface area contributed by atoms with Gasteiger partial charge in [-0.1, -0.05) is 39.0 Å². The molecule has 1 aromatic carbocycles. The van der Waals surface area contributed by atoms with Crippen molar-refractivity contribution in [3.05, 3.63) is 66.0 Å². The van der Waals surface area contributed by atoms with Crippen LogP contribution >= 0.6 is 0 Å². The van der Waals surface area contributed by atoms with Gasteiger partial charge in [-0.25, -0.2) is 9.78 Å². The molecular formula is C20H26N6O. The van der Waals surface area contributed by atoms with E-state index in [0.717, 1.165) is 22.6 Å². The van der Waals surface area contributed by atoms with Crippen molar-refractivity contribution >= 4 is 6.03 Å². The van der Waals surface area contributed by atoms with E-state index in [-0.39, 0.29) is 11.4 Å². The lowest BCUT2D eigenvalue weighted by Gasteiger charge is -2.18. The van der Waals surface area contributed by atoms with Gasteiger partial charge in [0.1, 0.15) is 0 Å². The maximum absolute atomic E-state index is 12.5. The van der Waals surface area contributed by atoms with Crippen molar-refractivity contribution in [1.82, 2.24) is 30.0 Å². The van der Waals surface area contributed by atoms with Crippen molar-refractivity contribution in [3.8, 4) is 5.69 Å². The Hall–Kier alpha value is -3.09. The molecule has 7 heteroatoms. The number of nitrogens with zero attached hydrogens (tertiary/aromatic N) is 4. The summed E-state index contributed by atoms with van der Waals surface area (Å²) in [5, 5.41) is 10.3. The standard InChI is InChI=1S/C20H26N6O/c1-20(2,3)18-11-16(23-24-18)13-25(4)19(27)22-12-15-7-5-6-8-17(15)26-10-9-21-14-26/h5-11,14H,12-13H2,1-4H3,(H,22,27)(H,23,24). The third-order valence-corrected chi connectivity index (χ3v) is 4.36. The van der Waals surface area contributed by atoms with Gasteiger partial charge in [-0.05, 0) is 17.7 Å². The van der Waals surface area contributed by atoms with Crippen LogP contribution in [0.1, 0.15) is 37.7 Å². The molecule has 7 nitrogen and oxygen atoms in total. The first kappa shape index (κ1) is 18.7. The molecule has 0 aliphatic carbocycles. The molecule has 142 valence electrons. The molecule has 2 N–H and O–H groups in total. The number of hydrogen-bond acceptors (Lipinski definition) is 3. The first-order chi connectivity index (χ1) is 12.8. The predicted molar refractivity (Wildman–Crippen MR) is 105 cm³/mol. The van der Waals surface area contributed by atoms with Gasteiger partial charge in [-0.15, -0.1) is 0 Å². The zero-order valence-electron chi connectivity index (χ0n) is 16.2. The maximum Gasteiger partial charge on any atom is 0.317 e. The van der Waals surface area contributed by atoms with Gasteiger partial charge in [0.25, 0.3) is 0 Å². The van der Waals surface area contributed by atoms with Crippen LogP contribution in [0.5, 0.6) is 0 Å². The number of carbonyl (C=O) groups is 1. The molecule has 0 aliphatic rings. The Morgan fingerprint density at radius 2 is 2.07 bits per heavy atom. The molecular weight excluding hydrogens is 340 g/mol. The molecule has 0 saturated carbocycles. The van der Waals surface area contributed by atoms with Gasteiger partial charge in [0.05, 0.1) is 29.9 Å². The van der Waals surface area contributed by atoms with Gasteiger partial charge in [0.15, 0.2) is 0 Å². The highest BCUT2D eigenvalue weighted by Gasteiger charge is 2.18. The highest BCUT2D eigenvalue weighted by molar-refractivity contribution is 5.74. The molecule has 0 fully saturated rings. The summed E-state index contributed by atoms with van der Waals surface area (Å²) in [4.78, 5) is 18.2. The highest BCUT2D eigenvalue weighted by Crippen LogP contribution is 2.20. The molecule has 0 spiro atoms.